The molecule has 0 amide bonds. The third-order valence-electron chi connectivity index (χ3n) is 1.62. The van der Waals surface area contributed by atoms with Gasteiger partial charge in [-0.3, -0.25) is 0 Å². The summed E-state index contributed by atoms with van der Waals surface area (Å²) >= 11 is 5.73. The van der Waals surface area contributed by atoms with E-state index >= 15 is 0 Å². The van der Waals surface area contributed by atoms with Crippen LogP contribution in [0.15, 0.2) is 30.3 Å². The maximum absolute atomic E-state index is 5.73. The molecule has 2 heteroatoms. The summed E-state index contributed by atoms with van der Waals surface area (Å²) in [6.45, 7) is 7.25. The lowest BCUT2D eigenvalue weighted by Gasteiger charge is -2.12. The maximum Gasteiger partial charge on any atom is 0.119 e. The van der Waals surface area contributed by atoms with Crippen LogP contribution in [-0.2, 0) is 0 Å². The van der Waals surface area contributed by atoms with Gasteiger partial charge in [-0.15, -0.1) is 0 Å². The highest BCUT2D eigenvalue weighted by Gasteiger charge is 2.00. The largest absolute Gasteiger partial charge is 0.490 e. The van der Waals surface area contributed by atoms with Crippen LogP contribution < -0.4 is 4.74 Å². The Kier molecular flexibility index (Phi) is 3.84. The molecule has 0 spiro atoms. The molecule has 1 unspecified atom stereocenters. The average Bonchev–Trinajstić information content (AvgIpc) is 2.09. The second-order valence-electron chi connectivity index (χ2n) is 2.85. The summed E-state index contributed by atoms with van der Waals surface area (Å²) in [4.78, 5) is 0. The quantitative estimate of drug-likeness (QED) is 0.715. The van der Waals surface area contributed by atoms with E-state index in [4.69, 9.17) is 22.9 Å². The van der Waals surface area contributed by atoms with Crippen LogP contribution in [0.3, 0.4) is 0 Å². The van der Waals surface area contributed by atoms with E-state index in [9.17, 15) is 0 Å². The van der Waals surface area contributed by atoms with Gasteiger partial charge in [-0.25, -0.2) is 0 Å². The third-order valence-corrected chi connectivity index (χ3v) is 1.87. The van der Waals surface area contributed by atoms with Crippen LogP contribution in [0.25, 0.3) is 0 Å². The van der Waals surface area contributed by atoms with E-state index in [1.807, 2.05) is 19.1 Å². The SMILES string of the molecule is [CH]=CCC(C)Oc1ccc(Cl)cc1. The maximum atomic E-state index is 5.73. The molecule has 13 heavy (non-hydrogen) atoms. The van der Waals surface area contributed by atoms with Gasteiger partial charge in [0.15, 0.2) is 0 Å². The smallest absolute Gasteiger partial charge is 0.119 e. The Morgan fingerprint density at radius 2 is 2.08 bits per heavy atom. The Labute approximate surface area is 84.0 Å². The first kappa shape index (κ1) is 10.1. The first-order valence-corrected chi connectivity index (χ1v) is 4.56. The van der Waals surface area contributed by atoms with Gasteiger partial charge >= 0.3 is 0 Å². The van der Waals surface area contributed by atoms with Crippen molar-refractivity contribution < 1.29 is 4.74 Å². The fraction of sp³-hybridized carbons (Fsp3) is 0.273. The van der Waals surface area contributed by atoms with Crippen molar-refractivity contribution in [2.45, 2.75) is 19.4 Å². The number of rotatable bonds is 4. The van der Waals surface area contributed by atoms with Gasteiger partial charge in [-0.1, -0.05) is 24.3 Å². The molecule has 0 aliphatic carbocycles. The van der Waals surface area contributed by atoms with Crippen molar-refractivity contribution >= 4 is 11.6 Å². The van der Waals surface area contributed by atoms with Crippen molar-refractivity contribution in [1.29, 1.82) is 0 Å². The molecule has 1 nitrogen and oxygen atoms in total. The Morgan fingerprint density at radius 3 is 2.62 bits per heavy atom. The molecule has 0 bridgehead atoms. The molecule has 0 N–H and O–H groups in total. The molecule has 69 valence electrons. The van der Waals surface area contributed by atoms with Gasteiger partial charge in [0.25, 0.3) is 0 Å². The number of hydrogen-bond donors (Lipinski definition) is 0. The lowest BCUT2D eigenvalue weighted by atomic mass is 10.3. The molecule has 1 atom stereocenters. The summed E-state index contributed by atoms with van der Waals surface area (Å²) in [6, 6.07) is 7.29. The predicted octanol–water partition coefficient (Wildman–Crippen LogP) is 3.49. The molecule has 0 aliphatic rings. The van der Waals surface area contributed by atoms with Gasteiger partial charge < -0.3 is 4.74 Å². The van der Waals surface area contributed by atoms with E-state index in [1.165, 1.54) is 0 Å². The lowest BCUT2D eigenvalue weighted by Crippen LogP contribution is -2.09. The molecule has 1 rings (SSSR count). The van der Waals surface area contributed by atoms with Crippen LogP contribution in [0.1, 0.15) is 13.3 Å². The van der Waals surface area contributed by atoms with Crippen LogP contribution in [-0.4, -0.2) is 6.10 Å². The molecule has 0 aliphatic heterocycles. The molecule has 0 saturated carbocycles. The topological polar surface area (TPSA) is 9.23 Å². The molecule has 1 aromatic carbocycles. The first-order chi connectivity index (χ1) is 6.22. The van der Waals surface area contributed by atoms with Crippen LogP contribution in [0.2, 0.25) is 5.02 Å². The van der Waals surface area contributed by atoms with E-state index in [2.05, 4.69) is 0 Å². The van der Waals surface area contributed by atoms with Gasteiger partial charge in [0.1, 0.15) is 5.75 Å². The molecule has 0 saturated heterocycles. The molecule has 0 aromatic heterocycles. The number of halogens is 1. The highest BCUT2D eigenvalue weighted by Crippen LogP contribution is 2.17. The average molecular weight is 196 g/mol. The van der Waals surface area contributed by atoms with Crippen molar-refractivity contribution in [3.05, 3.63) is 41.9 Å². The predicted molar refractivity (Wildman–Crippen MR) is 55.0 cm³/mol. The lowest BCUT2D eigenvalue weighted by molar-refractivity contribution is 0.225. The van der Waals surface area contributed by atoms with E-state index < -0.39 is 0 Å². The van der Waals surface area contributed by atoms with Crippen molar-refractivity contribution in [2.75, 3.05) is 0 Å². The van der Waals surface area contributed by atoms with Crippen molar-refractivity contribution in [3.8, 4) is 5.75 Å². The second kappa shape index (κ2) is 4.93. The summed E-state index contributed by atoms with van der Waals surface area (Å²) < 4.78 is 5.54. The minimum Gasteiger partial charge on any atom is -0.490 e. The van der Waals surface area contributed by atoms with Gasteiger partial charge in [-0.2, -0.15) is 0 Å². The molecular weight excluding hydrogens is 184 g/mol. The van der Waals surface area contributed by atoms with Gasteiger partial charge in [0.05, 0.1) is 6.10 Å². The Bertz CT molecular complexity index is 266. The highest BCUT2D eigenvalue weighted by atomic mass is 35.5. The van der Waals surface area contributed by atoms with Gasteiger partial charge in [-0.05, 0) is 31.2 Å². The summed E-state index contributed by atoms with van der Waals surface area (Å²) in [7, 11) is 0. The Hall–Kier alpha value is -0.950. The van der Waals surface area contributed by atoms with Gasteiger partial charge in [0.2, 0.25) is 0 Å². The van der Waals surface area contributed by atoms with Crippen molar-refractivity contribution in [3.63, 3.8) is 0 Å². The second-order valence-corrected chi connectivity index (χ2v) is 3.29. The Morgan fingerprint density at radius 1 is 1.46 bits per heavy atom. The summed E-state index contributed by atoms with van der Waals surface area (Å²) in [5.74, 6) is 0.818. The molecular formula is C11H12ClO. The van der Waals surface area contributed by atoms with Crippen molar-refractivity contribution in [1.82, 2.24) is 0 Å². The van der Waals surface area contributed by atoms with E-state index in [1.54, 1.807) is 18.2 Å². The third kappa shape index (κ3) is 3.51. The summed E-state index contributed by atoms with van der Waals surface area (Å²) in [6.07, 6.45) is 2.44. The first-order valence-electron chi connectivity index (χ1n) is 4.18. The van der Waals surface area contributed by atoms with Crippen molar-refractivity contribution in [2.24, 2.45) is 0 Å². The van der Waals surface area contributed by atoms with Crippen LogP contribution >= 0.6 is 11.6 Å². The number of hydrogen-bond acceptors (Lipinski definition) is 1. The summed E-state index contributed by atoms with van der Waals surface area (Å²) in [5.41, 5.74) is 0. The zero-order valence-electron chi connectivity index (χ0n) is 7.53. The van der Waals surface area contributed by atoms with Crippen LogP contribution in [0.5, 0.6) is 5.75 Å². The van der Waals surface area contributed by atoms with E-state index in [0.717, 1.165) is 12.2 Å². The zero-order chi connectivity index (χ0) is 9.68. The van der Waals surface area contributed by atoms with E-state index in [0.29, 0.717) is 5.02 Å². The monoisotopic (exact) mass is 195 g/mol. The molecule has 1 aromatic rings. The Balaban J connectivity index is 2.53. The minimum atomic E-state index is 0.103. The normalized spacial score (nSPS) is 12.2. The fourth-order valence-corrected chi connectivity index (χ4v) is 1.11. The minimum absolute atomic E-state index is 0.103. The standard InChI is InChI=1S/C11H12ClO/c1-3-4-9(2)13-11-7-5-10(12)6-8-11/h1,3,5-9H,4H2,2H3. The molecule has 0 heterocycles. The molecule has 0 fully saturated rings. The zero-order valence-corrected chi connectivity index (χ0v) is 8.29. The summed E-state index contributed by atoms with van der Waals surface area (Å²) in [5, 5.41) is 0.713. The van der Waals surface area contributed by atoms with E-state index in [-0.39, 0.29) is 6.10 Å². The van der Waals surface area contributed by atoms with Crippen LogP contribution in [0.4, 0.5) is 0 Å². The van der Waals surface area contributed by atoms with Gasteiger partial charge in [0, 0.05) is 11.4 Å². The fourth-order valence-electron chi connectivity index (χ4n) is 0.985. The number of benzene rings is 1. The van der Waals surface area contributed by atoms with Crippen LogP contribution in [0, 0.1) is 6.58 Å². The highest BCUT2D eigenvalue weighted by molar-refractivity contribution is 6.30. The molecule has 1 radical (unpaired) electrons. The number of ether oxygens (including phenoxy) is 1.